The van der Waals surface area contributed by atoms with Crippen molar-refractivity contribution in [1.29, 1.82) is 0 Å². The topological polar surface area (TPSA) is 101 Å². The van der Waals surface area contributed by atoms with Gasteiger partial charge in [0, 0.05) is 30.6 Å². The zero-order valence-electron chi connectivity index (χ0n) is 19.0. The van der Waals surface area contributed by atoms with Crippen LogP contribution < -0.4 is 5.32 Å². The first kappa shape index (κ1) is 23.8. The first-order valence-electron chi connectivity index (χ1n) is 10.9. The Morgan fingerprint density at radius 1 is 1.03 bits per heavy atom. The molecule has 33 heavy (non-hydrogen) atoms. The minimum absolute atomic E-state index is 0.102. The molecular weight excluding hydrogens is 422 g/mol. The molecule has 0 saturated heterocycles. The Morgan fingerprint density at radius 2 is 1.73 bits per heavy atom. The van der Waals surface area contributed by atoms with Crippen LogP contribution in [-0.2, 0) is 32.1 Å². The number of nitrogens with zero attached hydrogens (tertiary/aromatic N) is 1. The summed E-state index contributed by atoms with van der Waals surface area (Å²) in [7, 11) is 1.48. The summed E-state index contributed by atoms with van der Waals surface area (Å²) < 4.78 is 10.5. The van der Waals surface area contributed by atoms with Crippen molar-refractivity contribution in [2.24, 2.45) is 0 Å². The molecule has 3 rings (SSSR count). The third kappa shape index (κ3) is 6.12. The van der Waals surface area contributed by atoms with Crippen molar-refractivity contribution in [1.82, 2.24) is 15.2 Å². The maximum absolute atomic E-state index is 12.9. The van der Waals surface area contributed by atoms with Crippen LogP contribution in [0.3, 0.4) is 0 Å². The molecule has 2 aromatic carbocycles. The highest BCUT2D eigenvalue weighted by atomic mass is 16.6. The van der Waals surface area contributed by atoms with Crippen molar-refractivity contribution in [3.8, 4) is 0 Å². The first-order valence-corrected chi connectivity index (χ1v) is 10.9. The van der Waals surface area contributed by atoms with E-state index in [1.54, 1.807) is 13.8 Å². The van der Waals surface area contributed by atoms with Crippen LogP contribution in [0.2, 0.25) is 0 Å². The van der Waals surface area contributed by atoms with Gasteiger partial charge in [-0.1, -0.05) is 48.5 Å². The summed E-state index contributed by atoms with van der Waals surface area (Å²) in [5.41, 5.74) is 2.67. The Bertz CT molecular complexity index is 1100. The van der Waals surface area contributed by atoms with Crippen molar-refractivity contribution >= 4 is 28.9 Å². The molecule has 1 heterocycles. The van der Waals surface area contributed by atoms with E-state index in [1.165, 1.54) is 11.9 Å². The van der Waals surface area contributed by atoms with Gasteiger partial charge in [0.1, 0.15) is 18.7 Å². The van der Waals surface area contributed by atoms with E-state index in [0.29, 0.717) is 0 Å². The van der Waals surface area contributed by atoms with Gasteiger partial charge >= 0.3 is 12.1 Å². The van der Waals surface area contributed by atoms with Gasteiger partial charge in [0.2, 0.25) is 5.91 Å². The van der Waals surface area contributed by atoms with E-state index < -0.39 is 30.1 Å². The summed E-state index contributed by atoms with van der Waals surface area (Å²) >= 11 is 0. The van der Waals surface area contributed by atoms with E-state index in [1.807, 2.05) is 60.8 Å². The van der Waals surface area contributed by atoms with E-state index in [0.717, 1.165) is 22.0 Å². The Morgan fingerprint density at radius 3 is 2.45 bits per heavy atom. The molecule has 8 heteroatoms. The molecule has 8 nitrogen and oxygen atoms in total. The van der Waals surface area contributed by atoms with Crippen LogP contribution in [0.15, 0.2) is 60.8 Å². The molecular formula is C25H29N3O5. The van der Waals surface area contributed by atoms with E-state index >= 15 is 0 Å². The van der Waals surface area contributed by atoms with E-state index in [9.17, 15) is 14.4 Å². The number of fused-ring (bicyclic) bond motifs is 1. The standard InChI is InChI=1S/C25H29N3O5/c1-4-32-24(30)22(14-19-15-26-21-13-9-8-12-20(19)21)27-23(29)17(2)28(3)25(31)33-16-18-10-6-5-7-11-18/h5-13,15,17,22,26H,4,14,16H2,1-3H3,(H,27,29)/t17-,22-/m0/s1. The highest BCUT2D eigenvalue weighted by Gasteiger charge is 2.29. The largest absolute Gasteiger partial charge is 0.464 e. The summed E-state index contributed by atoms with van der Waals surface area (Å²) in [5, 5.41) is 3.71. The Balaban J connectivity index is 1.65. The zero-order chi connectivity index (χ0) is 23.8. The van der Waals surface area contributed by atoms with Gasteiger partial charge in [-0.3, -0.25) is 9.69 Å². The molecule has 1 aromatic heterocycles. The number of amides is 2. The number of ether oxygens (including phenoxy) is 2. The fourth-order valence-corrected chi connectivity index (χ4v) is 3.40. The highest BCUT2D eigenvalue weighted by molar-refractivity contribution is 5.90. The molecule has 0 aliphatic heterocycles. The molecule has 0 unspecified atom stereocenters. The smallest absolute Gasteiger partial charge is 0.410 e. The van der Waals surface area contributed by atoms with E-state index in [2.05, 4.69) is 10.3 Å². The minimum atomic E-state index is -0.896. The predicted molar refractivity (Wildman–Crippen MR) is 124 cm³/mol. The summed E-state index contributed by atoms with van der Waals surface area (Å²) in [6.07, 6.45) is 1.44. The highest BCUT2D eigenvalue weighted by Crippen LogP contribution is 2.19. The second-order valence-corrected chi connectivity index (χ2v) is 7.70. The summed E-state index contributed by atoms with van der Waals surface area (Å²) in [5.74, 6) is -1.01. The maximum atomic E-state index is 12.9. The molecule has 0 spiro atoms. The van der Waals surface area contributed by atoms with Gasteiger partial charge in [-0.25, -0.2) is 9.59 Å². The molecule has 0 fully saturated rings. The Kier molecular flexibility index (Phi) is 8.07. The number of H-pyrrole nitrogens is 1. The van der Waals surface area contributed by atoms with Crippen LogP contribution in [0.5, 0.6) is 0 Å². The molecule has 3 aromatic rings. The molecule has 2 N–H and O–H groups in total. The molecule has 0 saturated carbocycles. The van der Waals surface area contributed by atoms with Gasteiger partial charge in [0.05, 0.1) is 6.61 Å². The van der Waals surface area contributed by atoms with Crippen LogP contribution in [0, 0.1) is 0 Å². The average Bonchev–Trinajstić information content (AvgIpc) is 3.24. The number of carbonyl (C=O) groups is 3. The zero-order valence-corrected chi connectivity index (χ0v) is 19.0. The fourth-order valence-electron chi connectivity index (χ4n) is 3.40. The second-order valence-electron chi connectivity index (χ2n) is 7.70. The Labute approximate surface area is 192 Å². The molecule has 2 atom stereocenters. The van der Waals surface area contributed by atoms with Crippen LogP contribution >= 0.6 is 0 Å². The number of rotatable bonds is 9. The fraction of sp³-hybridized carbons (Fsp3) is 0.320. The summed E-state index contributed by atoms with van der Waals surface area (Å²) in [4.78, 5) is 42.3. The second kappa shape index (κ2) is 11.2. The molecule has 0 bridgehead atoms. The van der Waals surface area contributed by atoms with Gasteiger partial charge in [0.15, 0.2) is 0 Å². The van der Waals surface area contributed by atoms with Crippen LogP contribution in [0.4, 0.5) is 4.79 Å². The number of hydrogen-bond acceptors (Lipinski definition) is 5. The van der Waals surface area contributed by atoms with Crippen molar-refractivity contribution in [2.75, 3.05) is 13.7 Å². The lowest BCUT2D eigenvalue weighted by Crippen LogP contribution is -2.52. The Hall–Kier alpha value is -3.81. The number of aromatic amines is 1. The number of carbonyl (C=O) groups excluding carboxylic acids is 3. The van der Waals surface area contributed by atoms with Crippen molar-refractivity contribution < 1.29 is 23.9 Å². The number of esters is 1. The minimum Gasteiger partial charge on any atom is -0.464 e. The third-order valence-corrected chi connectivity index (χ3v) is 5.44. The van der Waals surface area contributed by atoms with Gasteiger partial charge < -0.3 is 19.8 Å². The molecule has 174 valence electrons. The van der Waals surface area contributed by atoms with Gasteiger partial charge in [-0.15, -0.1) is 0 Å². The molecule has 0 aliphatic rings. The van der Waals surface area contributed by atoms with Crippen LogP contribution in [-0.4, -0.2) is 53.6 Å². The predicted octanol–water partition coefficient (Wildman–Crippen LogP) is 3.42. The van der Waals surface area contributed by atoms with Gasteiger partial charge in [-0.2, -0.15) is 0 Å². The monoisotopic (exact) mass is 451 g/mol. The van der Waals surface area contributed by atoms with E-state index in [4.69, 9.17) is 9.47 Å². The van der Waals surface area contributed by atoms with E-state index in [-0.39, 0.29) is 19.6 Å². The third-order valence-electron chi connectivity index (χ3n) is 5.44. The number of likely N-dealkylation sites (N-methyl/N-ethyl adjacent to an activating group) is 1. The SMILES string of the molecule is CCOC(=O)[C@H](Cc1c[nH]c2ccccc12)NC(=O)[C@H](C)N(C)C(=O)OCc1ccccc1. The number of nitrogens with one attached hydrogen (secondary N) is 2. The quantitative estimate of drug-likeness (QED) is 0.486. The number of benzene rings is 2. The van der Waals surface area contributed by atoms with Gasteiger partial charge in [0.25, 0.3) is 0 Å². The first-order chi connectivity index (χ1) is 15.9. The van der Waals surface area contributed by atoms with Crippen molar-refractivity contribution in [3.05, 3.63) is 71.9 Å². The number of para-hydroxylation sites is 1. The summed E-state index contributed by atoms with van der Waals surface area (Å²) in [6.45, 7) is 3.58. The van der Waals surface area contributed by atoms with Crippen LogP contribution in [0.1, 0.15) is 25.0 Å². The average molecular weight is 452 g/mol. The molecule has 0 radical (unpaired) electrons. The summed E-state index contributed by atoms with van der Waals surface area (Å²) in [6, 6.07) is 15.2. The number of hydrogen-bond donors (Lipinski definition) is 2. The number of aromatic nitrogens is 1. The van der Waals surface area contributed by atoms with Crippen molar-refractivity contribution in [2.45, 2.75) is 39.0 Å². The van der Waals surface area contributed by atoms with Gasteiger partial charge in [-0.05, 0) is 31.0 Å². The maximum Gasteiger partial charge on any atom is 0.410 e. The lowest BCUT2D eigenvalue weighted by molar-refractivity contribution is -0.147. The van der Waals surface area contributed by atoms with Crippen molar-refractivity contribution in [3.63, 3.8) is 0 Å². The molecule has 2 amide bonds. The molecule has 0 aliphatic carbocycles. The lowest BCUT2D eigenvalue weighted by Gasteiger charge is -2.25. The van der Waals surface area contributed by atoms with Crippen LogP contribution in [0.25, 0.3) is 10.9 Å². The normalized spacial score (nSPS) is 12.6. The lowest BCUT2D eigenvalue weighted by atomic mass is 10.0.